The lowest BCUT2D eigenvalue weighted by Gasteiger charge is -1.92. The van der Waals surface area contributed by atoms with Gasteiger partial charge in [0.1, 0.15) is 17.2 Å². The van der Waals surface area contributed by atoms with Crippen LogP contribution in [0.5, 0.6) is 0 Å². The molecule has 3 rings (SSSR count). The van der Waals surface area contributed by atoms with E-state index in [0.717, 1.165) is 16.6 Å². The molecule has 0 aliphatic carbocycles. The Morgan fingerprint density at radius 2 is 2.29 bits per heavy atom. The van der Waals surface area contributed by atoms with Crippen molar-refractivity contribution in [2.75, 3.05) is 0 Å². The number of nitrogens with zero attached hydrogens (tertiary/aromatic N) is 2. The molecule has 3 heterocycles. The van der Waals surface area contributed by atoms with E-state index >= 15 is 0 Å². The van der Waals surface area contributed by atoms with Crippen molar-refractivity contribution in [1.82, 2.24) is 15.3 Å². The molecular formula is C12H10N4O. The fourth-order valence-corrected chi connectivity index (χ4v) is 1.83. The molecule has 1 amide bonds. The second-order valence-corrected chi connectivity index (χ2v) is 3.82. The van der Waals surface area contributed by atoms with Gasteiger partial charge in [-0.1, -0.05) is 0 Å². The second-order valence-electron chi connectivity index (χ2n) is 3.82. The van der Waals surface area contributed by atoms with Crippen molar-refractivity contribution in [3.8, 4) is 0 Å². The molecule has 84 valence electrons. The molecule has 0 fully saturated rings. The van der Waals surface area contributed by atoms with Gasteiger partial charge in [-0.3, -0.25) is 4.79 Å². The van der Waals surface area contributed by atoms with Crippen LogP contribution in [0, 0.1) is 0 Å². The van der Waals surface area contributed by atoms with Crippen molar-refractivity contribution in [1.29, 1.82) is 0 Å². The Kier molecular flexibility index (Phi) is 2.04. The summed E-state index contributed by atoms with van der Waals surface area (Å²) in [5.41, 5.74) is 2.14. The predicted molar refractivity (Wildman–Crippen MR) is 65.3 cm³/mol. The van der Waals surface area contributed by atoms with Gasteiger partial charge in [0.25, 0.3) is 5.91 Å². The van der Waals surface area contributed by atoms with E-state index in [1.165, 1.54) is 0 Å². The predicted octanol–water partition coefficient (Wildman–Crippen LogP) is 1.45. The topological polar surface area (TPSA) is 70.1 Å². The maximum absolute atomic E-state index is 11.5. The Morgan fingerprint density at radius 3 is 3.06 bits per heavy atom. The SMILES string of the molecule is CC1=N/C(=C\c2c[nH]c3ncccc23)C(=O)N1. The molecule has 0 atom stereocenters. The highest BCUT2D eigenvalue weighted by molar-refractivity contribution is 6.14. The molecule has 0 saturated heterocycles. The lowest BCUT2D eigenvalue weighted by atomic mass is 10.2. The number of aliphatic imine (C=N–C) groups is 1. The number of amidine groups is 1. The number of pyridine rings is 1. The van der Waals surface area contributed by atoms with Crippen LogP contribution >= 0.6 is 0 Å². The molecule has 2 aromatic rings. The molecule has 5 nitrogen and oxygen atoms in total. The average molecular weight is 226 g/mol. The standard InChI is InChI=1S/C12H10N4O/c1-7-15-10(12(17)16-7)5-8-6-14-11-9(8)3-2-4-13-11/h2-6H,1H3,(H,13,14)(H,15,16,17)/b10-5-. The molecule has 0 spiro atoms. The summed E-state index contributed by atoms with van der Waals surface area (Å²) in [6.45, 7) is 1.76. The number of fused-ring (bicyclic) bond motifs is 1. The molecule has 2 aromatic heterocycles. The summed E-state index contributed by atoms with van der Waals surface area (Å²) in [6, 6.07) is 3.82. The number of aromatic nitrogens is 2. The van der Waals surface area contributed by atoms with Crippen molar-refractivity contribution in [2.45, 2.75) is 6.92 Å². The fourth-order valence-electron chi connectivity index (χ4n) is 1.83. The van der Waals surface area contributed by atoms with Crippen molar-refractivity contribution >= 4 is 28.9 Å². The lowest BCUT2D eigenvalue weighted by Crippen LogP contribution is -2.21. The number of carbonyl (C=O) groups excluding carboxylic acids is 1. The van der Waals surface area contributed by atoms with E-state index in [-0.39, 0.29) is 5.91 Å². The van der Waals surface area contributed by atoms with Crippen molar-refractivity contribution in [3.05, 3.63) is 35.8 Å². The maximum Gasteiger partial charge on any atom is 0.275 e. The molecule has 0 radical (unpaired) electrons. The highest BCUT2D eigenvalue weighted by atomic mass is 16.2. The minimum absolute atomic E-state index is 0.166. The zero-order valence-electron chi connectivity index (χ0n) is 9.19. The molecule has 2 N–H and O–H groups in total. The van der Waals surface area contributed by atoms with Gasteiger partial charge >= 0.3 is 0 Å². The van der Waals surface area contributed by atoms with Gasteiger partial charge in [-0.05, 0) is 25.1 Å². The van der Waals surface area contributed by atoms with Gasteiger partial charge in [-0.15, -0.1) is 0 Å². The summed E-state index contributed by atoms with van der Waals surface area (Å²) in [5, 5.41) is 3.62. The summed E-state index contributed by atoms with van der Waals surface area (Å²) in [6.07, 6.45) is 5.30. The zero-order chi connectivity index (χ0) is 11.8. The quantitative estimate of drug-likeness (QED) is 0.722. The van der Waals surface area contributed by atoms with Crippen LogP contribution in [0.25, 0.3) is 17.1 Å². The number of hydrogen-bond acceptors (Lipinski definition) is 3. The van der Waals surface area contributed by atoms with Crippen LogP contribution in [0.3, 0.4) is 0 Å². The summed E-state index contributed by atoms with van der Waals surface area (Å²) in [4.78, 5) is 22.9. The zero-order valence-corrected chi connectivity index (χ0v) is 9.19. The first-order chi connectivity index (χ1) is 8.24. The number of H-pyrrole nitrogens is 1. The van der Waals surface area contributed by atoms with Crippen LogP contribution in [-0.2, 0) is 4.79 Å². The third kappa shape index (κ3) is 1.61. The van der Waals surface area contributed by atoms with Gasteiger partial charge in [-0.2, -0.15) is 0 Å². The summed E-state index contributed by atoms with van der Waals surface area (Å²) in [7, 11) is 0. The highest BCUT2D eigenvalue weighted by Gasteiger charge is 2.17. The maximum atomic E-state index is 11.5. The molecule has 0 bridgehead atoms. The number of hydrogen-bond donors (Lipinski definition) is 2. The Balaban J connectivity index is 2.11. The van der Waals surface area contributed by atoms with E-state index in [1.807, 2.05) is 18.3 Å². The Labute approximate surface area is 97.3 Å². The third-order valence-corrected chi connectivity index (χ3v) is 2.59. The van der Waals surface area contributed by atoms with Crippen LogP contribution in [0.4, 0.5) is 0 Å². The van der Waals surface area contributed by atoms with E-state index in [4.69, 9.17) is 0 Å². The van der Waals surface area contributed by atoms with Crippen molar-refractivity contribution in [3.63, 3.8) is 0 Å². The number of amides is 1. The van der Waals surface area contributed by atoms with Gasteiger partial charge in [0.05, 0.1) is 0 Å². The smallest absolute Gasteiger partial charge is 0.275 e. The molecular weight excluding hydrogens is 216 g/mol. The van der Waals surface area contributed by atoms with Gasteiger partial charge < -0.3 is 10.3 Å². The van der Waals surface area contributed by atoms with Gasteiger partial charge in [0.15, 0.2) is 0 Å². The first kappa shape index (κ1) is 9.77. The minimum Gasteiger partial charge on any atom is -0.346 e. The molecule has 1 aliphatic heterocycles. The number of rotatable bonds is 1. The molecule has 17 heavy (non-hydrogen) atoms. The fraction of sp³-hybridized carbons (Fsp3) is 0.0833. The van der Waals surface area contributed by atoms with Gasteiger partial charge in [-0.25, -0.2) is 9.98 Å². The second kappa shape index (κ2) is 3.55. The normalized spacial score (nSPS) is 17.6. The van der Waals surface area contributed by atoms with E-state index in [1.54, 1.807) is 19.2 Å². The van der Waals surface area contributed by atoms with E-state index in [0.29, 0.717) is 11.5 Å². The van der Waals surface area contributed by atoms with Gasteiger partial charge in [0.2, 0.25) is 0 Å². The van der Waals surface area contributed by atoms with E-state index in [9.17, 15) is 4.79 Å². The number of nitrogens with one attached hydrogen (secondary N) is 2. The Hall–Kier alpha value is -2.43. The minimum atomic E-state index is -0.166. The van der Waals surface area contributed by atoms with Crippen molar-refractivity contribution in [2.24, 2.45) is 4.99 Å². The van der Waals surface area contributed by atoms with Crippen LogP contribution in [0.2, 0.25) is 0 Å². The van der Waals surface area contributed by atoms with Gasteiger partial charge in [0, 0.05) is 23.3 Å². The number of carbonyl (C=O) groups is 1. The van der Waals surface area contributed by atoms with Crippen LogP contribution in [0.15, 0.2) is 35.2 Å². The monoisotopic (exact) mass is 226 g/mol. The molecule has 0 unspecified atom stereocenters. The number of aromatic amines is 1. The van der Waals surface area contributed by atoms with Crippen LogP contribution in [-0.4, -0.2) is 21.7 Å². The third-order valence-electron chi connectivity index (χ3n) is 2.59. The van der Waals surface area contributed by atoms with E-state index in [2.05, 4.69) is 20.3 Å². The van der Waals surface area contributed by atoms with Crippen molar-refractivity contribution < 1.29 is 4.79 Å². The first-order valence-electron chi connectivity index (χ1n) is 5.24. The Morgan fingerprint density at radius 1 is 1.41 bits per heavy atom. The highest BCUT2D eigenvalue weighted by Crippen LogP contribution is 2.20. The summed E-state index contributed by atoms with van der Waals surface area (Å²) < 4.78 is 0. The molecule has 0 aromatic carbocycles. The summed E-state index contributed by atoms with van der Waals surface area (Å²) >= 11 is 0. The molecule has 0 saturated carbocycles. The van der Waals surface area contributed by atoms with Crippen LogP contribution < -0.4 is 5.32 Å². The molecule has 1 aliphatic rings. The van der Waals surface area contributed by atoms with Crippen LogP contribution in [0.1, 0.15) is 12.5 Å². The largest absolute Gasteiger partial charge is 0.346 e. The molecule has 5 heteroatoms. The average Bonchev–Trinajstić information content (AvgIpc) is 2.85. The first-order valence-corrected chi connectivity index (χ1v) is 5.24. The Bertz CT molecular complexity index is 666. The van der Waals surface area contributed by atoms with E-state index < -0.39 is 0 Å². The summed E-state index contributed by atoms with van der Waals surface area (Å²) in [5.74, 6) is 0.458. The lowest BCUT2D eigenvalue weighted by molar-refractivity contribution is -0.115.